The highest BCUT2D eigenvalue weighted by atomic mass is 16.3. The minimum atomic E-state index is -0.489. The molecule has 0 atom stereocenters. The number of rotatable bonds is 4. The minimum Gasteiger partial charge on any atom is -0.395 e. The summed E-state index contributed by atoms with van der Waals surface area (Å²) < 4.78 is 0. The van der Waals surface area contributed by atoms with E-state index in [4.69, 9.17) is 0 Å². The highest BCUT2D eigenvalue weighted by Gasteiger charge is 2.49. The Bertz CT molecular complexity index is 617. The van der Waals surface area contributed by atoms with Gasteiger partial charge in [0.2, 0.25) is 5.91 Å². The Kier molecular flexibility index (Phi) is 2.99. The molecule has 0 saturated heterocycles. The van der Waals surface area contributed by atoms with Crippen LogP contribution in [-0.2, 0) is 11.3 Å². The van der Waals surface area contributed by atoms with Gasteiger partial charge in [0.05, 0.1) is 12.0 Å². The van der Waals surface area contributed by atoms with E-state index < -0.39 is 5.41 Å². The fraction of sp³-hybridized carbons (Fsp3) is 0.312. The van der Waals surface area contributed by atoms with E-state index in [0.717, 1.165) is 18.4 Å². The number of carbonyl (C=O) groups is 1. The number of benzene rings is 2. The summed E-state index contributed by atoms with van der Waals surface area (Å²) in [7, 11) is 0. The molecule has 0 aromatic heterocycles. The van der Waals surface area contributed by atoms with E-state index in [-0.39, 0.29) is 12.5 Å². The van der Waals surface area contributed by atoms with Crippen LogP contribution in [0.25, 0.3) is 10.8 Å². The first-order valence-electron chi connectivity index (χ1n) is 6.60. The second-order valence-electron chi connectivity index (χ2n) is 5.30. The maximum atomic E-state index is 11.9. The molecule has 3 heteroatoms. The van der Waals surface area contributed by atoms with Crippen molar-refractivity contribution >= 4 is 16.7 Å². The summed E-state index contributed by atoms with van der Waals surface area (Å²) in [4.78, 5) is 11.9. The SMILES string of the molecule is O=C(NCc1ccc2ccccc2c1)C1(CO)CC1. The second-order valence-corrected chi connectivity index (χ2v) is 5.30. The number of nitrogens with one attached hydrogen (secondary N) is 1. The van der Waals surface area contributed by atoms with Crippen LogP contribution >= 0.6 is 0 Å². The topological polar surface area (TPSA) is 49.3 Å². The zero-order chi connectivity index (χ0) is 13.3. The van der Waals surface area contributed by atoms with Crippen molar-refractivity contribution < 1.29 is 9.90 Å². The normalized spacial score (nSPS) is 16.3. The number of hydrogen-bond acceptors (Lipinski definition) is 2. The van der Waals surface area contributed by atoms with Gasteiger partial charge in [-0.25, -0.2) is 0 Å². The summed E-state index contributed by atoms with van der Waals surface area (Å²) in [5.41, 5.74) is 0.595. The standard InChI is InChI=1S/C16H17NO2/c18-11-16(7-8-16)15(19)17-10-12-5-6-13-3-1-2-4-14(13)9-12/h1-6,9,18H,7-8,10-11H2,(H,17,19). The van der Waals surface area contributed by atoms with Gasteiger partial charge in [0, 0.05) is 6.54 Å². The van der Waals surface area contributed by atoms with Gasteiger partial charge in [0.15, 0.2) is 0 Å². The predicted octanol–water partition coefficient (Wildman–Crippen LogP) is 2.23. The molecule has 0 aliphatic heterocycles. The predicted molar refractivity (Wildman–Crippen MR) is 74.5 cm³/mol. The first-order chi connectivity index (χ1) is 9.23. The molecule has 1 amide bonds. The molecule has 1 aliphatic rings. The first-order valence-corrected chi connectivity index (χ1v) is 6.60. The molecule has 1 saturated carbocycles. The van der Waals surface area contributed by atoms with Gasteiger partial charge < -0.3 is 10.4 Å². The Morgan fingerprint density at radius 3 is 2.58 bits per heavy atom. The van der Waals surface area contributed by atoms with Gasteiger partial charge in [-0.3, -0.25) is 4.79 Å². The summed E-state index contributed by atoms with van der Waals surface area (Å²) in [6.07, 6.45) is 1.60. The third kappa shape index (κ3) is 2.34. The molecule has 2 aromatic carbocycles. The van der Waals surface area contributed by atoms with Crippen molar-refractivity contribution in [1.29, 1.82) is 0 Å². The summed E-state index contributed by atoms with van der Waals surface area (Å²) >= 11 is 0. The van der Waals surface area contributed by atoms with Crippen molar-refractivity contribution in [3.05, 3.63) is 48.0 Å². The minimum absolute atomic E-state index is 0.0249. The smallest absolute Gasteiger partial charge is 0.228 e. The van der Waals surface area contributed by atoms with Crippen LogP contribution in [0.2, 0.25) is 0 Å². The first kappa shape index (κ1) is 12.2. The Balaban J connectivity index is 1.70. The van der Waals surface area contributed by atoms with Gasteiger partial charge in [0.25, 0.3) is 0 Å². The third-order valence-corrected chi connectivity index (χ3v) is 3.90. The Labute approximate surface area is 112 Å². The molecule has 98 valence electrons. The fourth-order valence-corrected chi connectivity index (χ4v) is 2.33. The van der Waals surface area contributed by atoms with Crippen LogP contribution in [0.3, 0.4) is 0 Å². The van der Waals surface area contributed by atoms with Gasteiger partial charge in [0.1, 0.15) is 0 Å². The van der Waals surface area contributed by atoms with E-state index in [0.29, 0.717) is 6.54 Å². The number of carbonyl (C=O) groups excluding carboxylic acids is 1. The largest absolute Gasteiger partial charge is 0.395 e. The number of hydrogen-bond donors (Lipinski definition) is 2. The third-order valence-electron chi connectivity index (χ3n) is 3.90. The van der Waals surface area contributed by atoms with Crippen molar-refractivity contribution in [3.63, 3.8) is 0 Å². The zero-order valence-corrected chi connectivity index (χ0v) is 10.7. The molecule has 1 aliphatic carbocycles. The summed E-state index contributed by atoms with van der Waals surface area (Å²) in [5.74, 6) is -0.0249. The molecule has 3 rings (SSSR count). The van der Waals surface area contributed by atoms with E-state index >= 15 is 0 Å². The zero-order valence-electron chi connectivity index (χ0n) is 10.7. The van der Waals surface area contributed by atoms with Gasteiger partial charge in [-0.2, -0.15) is 0 Å². The summed E-state index contributed by atoms with van der Waals surface area (Å²) in [6, 6.07) is 14.3. The molecular formula is C16H17NO2. The Morgan fingerprint density at radius 2 is 1.89 bits per heavy atom. The van der Waals surface area contributed by atoms with Gasteiger partial charge >= 0.3 is 0 Å². The maximum absolute atomic E-state index is 11.9. The summed E-state index contributed by atoms with van der Waals surface area (Å²) in [5, 5.41) is 14.5. The van der Waals surface area contributed by atoms with E-state index in [1.807, 2.05) is 18.2 Å². The van der Waals surface area contributed by atoms with Crippen molar-refractivity contribution in [3.8, 4) is 0 Å². The van der Waals surface area contributed by atoms with Crippen LogP contribution in [0, 0.1) is 5.41 Å². The number of amides is 1. The molecule has 0 bridgehead atoms. The number of aliphatic hydroxyl groups excluding tert-OH is 1. The van der Waals surface area contributed by atoms with Crippen LogP contribution in [0.1, 0.15) is 18.4 Å². The summed E-state index contributed by atoms with van der Waals surface area (Å²) in [6.45, 7) is 0.474. The molecule has 3 nitrogen and oxygen atoms in total. The molecule has 19 heavy (non-hydrogen) atoms. The molecule has 2 aromatic rings. The molecular weight excluding hydrogens is 238 g/mol. The van der Waals surface area contributed by atoms with Crippen LogP contribution in [-0.4, -0.2) is 17.6 Å². The molecule has 0 heterocycles. The van der Waals surface area contributed by atoms with Crippen molar-refractivity contribution in [1.82, 2.24) is 5.32 Å². The van der Waals surface area contributed by atoms with Crippen LogP contribution in [0.15, 0.2) is 42.5 Å². The van der Waals surface area contributed by atoms with Crippen LogP contribution in [0.4, 0.5) is 0 Å². The van der Waals surface area contributed by atoms with E-state index in [1.54, 1.807) is 0 Å². The quantitative estimate of drug-likeness (QED) is 0.880. The van der Waals surface area contributed by atoms with Crippen LogP contribution in [0.5, 0.6) is 0 Å². The monoisotopic (exact) mass is 255 g/mol. The lowest BCUT2D eigenvalue weighted by Crippen LogP contribution is -2.33. The van der Waals surface area contributed by atoms with Crippen molar-refractivity contribution in [2.24, 2.45) is 5.41 Å². The highest BCUT2D eigenvalue weighted by molar-refractivity contribution is 5.86. The molecule has 2 N–H and O–H groups in total. The lowest BCUT2D eigenvalue weighted by Gasteiger charge is -2.12. The van der Waals surface area contributed by atoms with Crippen LogP contribution < -0.4 is 5.32 Å². The lowest BCUT2D eigenvalue weighted by atomic mass is 10.1. The van der Waals surface area contributed by atoms with Gasteiger partial charge in [-0.05, 0) is 35.2 Å². The van der Waals surface area contributed by atoms with E-state index in [2.05, 4.69) is 29.6 Å². The molecule has 0 radical (unpaired) electrons. The van der Waals surface area contributed by atoms with Crippen molar-refractivity contribution in [2.75, 3.05) is 6.61 Å². The Hall–Kier alpha value is -1.87. The Morgan fingerprint density at radius 1 is 1.16 bits per heavy atom. The van der Waals surface area contributed by atoms with Crippen molar-refractivity contribution in [2.45, 2.75) is 19.4 Å². The molecule has 0 unspecified atom stereocenters. The van der Waals surface area contributed by atoms with E-state index in [9.17, 15) is 9.90 Å². The lowest BCUT2D eigenvalue weighted by molar-refractivity contribution is -0.127. The molecule has 0 spiro atoms. The maximum Gasteiger partial charge on any atom is 0.228 e. The number of fused-ring (bicyclic) bond motifs is 1. The highest BCUT2D eigenvalue weighted by Crippen LogP contribution is 2.45. The van der Waals surface area contributed by atoms with Gasteiger partial charge in [-0.15, -0.1) is 0 Å². The molecule has 1 fully saturated rings. The fourth-order valence-electron chi connectivity index (χ4n) is 2.33. The second kappa shape index (κ2) is 4.67. The van der Waals surface area contributed by atoms with E-state index in [1.165, 1.54) is 10.8 Å². The average molecular weight is 255 g/mol. The van der Waals surface area contributed by atoms with Gasteiger partial charge in [-0.1, -0.05) is 36.4 Å². The average Bonchev–Trinajstić information content (AvgIpc) is 3.25. The number of aliphatic hydroxyl groups is 1.